The minimum Gasteiger partial charge on any atom is -0.258 e. The molecule has 0 unspecified atom stereocenters. The number of hydrogen-bond acceptors (Lipinski definition) is 6. The molecule has 7 heteroatoms. The van der Waals surface area contributed by atoms with Crippen molar-refractivity contribution in [1.29, 1.82) is 21.0 Å². The first-order valence-corrected chi connectivity index (χ1v) is 7.26. The van der Waals surface area contributed by atoms with E-state index in [0.717, 1.165) is 0 Å². The molecule has 0 heterocycles. The van der Waals surface area contributed by atoms with Crippen LogP contribution in [-0.4, -0.2) is 4.92 Å². The molecule has 0 radical (unpaired) electrons. The number of nitriles is 4. The highest BCUT2D eigenvalue weighted by atomic mass is 16.6. The van der Waals surface area contributed by atoms with Gasteiger partial charge in [0.25, 0.3) is 5.69 Å². The zero-order chi connectivity index (χ0) is 19.1. The molecule has 0 spiro atoms. The third-order valence-corrected chi connectivity index (χ3v) is 3.68. The van der Waals surface area contributed by atoms with E-state index in [1.807, 2.05) is 0 Å². The van der Waals surface area contributed by atoms with E-state index in [0.29, 0.717) is 5.56 Å². The fourth-order valence-corrected chi connectivity index (χ4v) is 2.55. The number of benzene rings is 1. The number of allylic oxidation sites excluding steroid dienone is 8. The first kappa shape index (κ1) is 17.9. The van der Waals surface area contributed by atoms with Gasteiger partial charge in [0.05, 0.1) is 4.92 Å². The molecule has 7 nitrogen and oxygen atoms in total. The maximum atomic E-state index is 10.8. The second kappa shape index (κ2) is 7.88. The quantitative estimate of drug-likeness (QED) is 0.356. The SMILES string of the molecule is N#CC(C#N)=C(C(=C(C#N)C#N)C1C=CC=C1)c1ccc([N+](=O)[O-])cc1. The van der Waals surface area contributed by atoms with Crippen molar-refractivity contribution >= 4 is 11.3 Å². The molecule has 0 bridgehead atoms. The zero-order valence-electron chi connectivity index (χ0n) is 13.2. The first-order chi connectivity index (χ1) is 12.6. The Labute approximate surface area is 149 Å². The Morgan fingerprint density at radius 3 is 1.81 bits per heavy atom. The molecule has 26 heavy (non-hydrogen) atoms. The van der Waals surface area contributed by atoms with Gasteiger partial charge in [-0.1, -0.05) is 24.3 Å². The van der Waals surface area contributed by atoms with Crippen molar-refractivity contribution in [3.05, 3.63) is 81.0 Å². The van der Waals surface area contributed by atoms with E-state index in [4.69, 9.17) is 0 Å². The molecule has 0 N–H and O–H groups in total. The van der Waals surface area contributed by atoms with Gasteiger partial charge >= 0.3 is 0 Å². The maximum Gasteiger partial charge on any atom is 0.269 e. The molecule has 0 fully saturated rings. The highest BCUT2D eigenvalue weighted by Crippen LogP contribution is 2.37. The summed E-state index contributed by atoms with van der Waals surface area (Å²) in [5.74, 6) is -0.466. The van der Waals surface area contributed by atoms with Crippen molar-refractivity contribution in [2.24, 2.45) is 5.92 Å². The average molecular weight is 339 g/mol. The lowest BCUT2D eigenvalue weighted by atomic mass is 9.83. The Morgan fingerprint density at radius 1 is 0.885 bits per heavy atom. The Bertz CT molecular complexity index is 1000. The summed E-state index contributed by atoms with van der Waals surface area (Å²) in [4.78, 5) is 10.3. The highest BCUT2D eigenvalue weighted by Gasteiger charge is 2.25. The molecule has 0 amide bonds. The van der Waals surface area contributed by atoms with Crippen LogP contribution in [0.15, 0.2) is 65.3 Å². The second-order valence-corrected chi connectivity index (χ2v) is 5.09. The van der Waals surface area contributed by atoms with E-state index in [-0.39, 0.29) is 28.0 Å². The highest BCUT2D eigenvalue weighted by molar-refractivity contribution is 5.89. The van der Waals surface area contributed by atoms with Gasteiger partial charge in [-0.2, -0.15) is 21.0 Å². The van der Waals surface area contributed by atoms with Gasteiger partial charge < -0.3 is 0 Å². The standard InChI is InChI=1S/C19H9N5O2/c20-9-15(10-21)18(13-3-1-2-4-13)19(16(11-22)12-23)14-5-7-17(8-6-14)24(25)26/h1-8,13H. The maximum absolute atomic E-state index is 10.8. The summed E-state index contributed by atoms with van der Waals surface area (Å²) in [6.07, 6.45) is 6.90. The summed E-state index contributed by atoms with van der Waals surface area (Å²) in [6, 6.07) is 12.4. The van der Waals surface area contributed by atoms with E-state index in [9.17, 15) is 31.2 Å². The van der Waals surface area contributed by atoms with Gasteiger partial charge in [0.15, 0.2) is 0 Å². The summed E-state index contributed by atoms with van der Waals surface area (Å²) in [6.45, 7) is 0. The number of hydrogen-bond donors (Lipinski definition) is 0. The van der Waals surface area contributed by atoms with Crippen molar-refractivity contribution in [1.82, 2.24) is 0 Å². The topological polar surface area (TPSA) is 138 Å². The lowest BCUT2D eigenvalue weighted by molar-refractivity contribution is -0.384. The molecular weight excluding hydrogens is 330 g/mol. The normalized spacial score (nSPS) is 11.5. The Kier molecular flexibility index (Phi) is 5.42. The van der Waals surface area contributed by atoms with Crippen LogP contribution >= 0.6 is 0 Å². The third-order valence-electron chi connectivity index (χ3n) is 3.68. The van der Waals surface area contributed by atoms with Crippen molar-refractivity contribution in [3.8, 4) is 24.3 Å². The molecule has 0 saturated heterocycles. The van der Waals surface area contributed by atoms with Gasteiger partial charge in [0.1, 0.15) is 35.4 Å². The summed E-state index contributed by atoms with van der Waals surface area (Å²) >= 11 is 0. The average Bonchev–Trinajstić information content (AvgIpc) is 3.19. The van der Waals surface area contributed by atoms with Crippen molar-refractivity contribution in [3.63, 3.8) is 0 Å². The number of nitrogens with zero attached hydrogens (tertiary/aromatic N) is 5. The molecule has 1 aromatic rings. The number of rotatable bonds is 4. The first-order valence-electron chi connectivity index (χ1n) is 7.26. The van der Waals surface area contributed by atoms with E-state index in [1.165, 1.54) is 24.3 Å². The van der Waals surface area contributed by atoms with Crippen LogP contribution in [0.1, 0.15) is 5.56 Å². The molecule has 1 aromatic carbocycles. The van der Waals surface area contributed by atoms with Gasteiger partial charge in [-0.3, -0.25) is 10.1 Å². The molecule has 1 aliphatic carbocycles. The van der Waals surface area contributed by atoms with Crippen LogP contribution in [0.5, 0.6) is 0 Å². The Morgan fingerprint density at radius 2 is 1.38 bits per heavy atom. The predicted molar refractivity (Wildman–Crippen MR) is 91.3 cm³/mol. The zero-order valence-corrected chi connectivity index (χ0v) is 13.2. The molecule has 122 valence electrons. The lowest BCUT2D eigenvalue weighted by Crippen LogP contribution is -2.05. The molecule has 2 rings (SSSR count). The van der Waals surface area contributed by atoms with Gasteiger partial charge in [-0.15, -0.1) is 0 Å². The van der Waals surface area contributed by atoms with Crippen molar-refractivity contribution in [2.75, 3.05) is 0 Å². The van der Waals surface area contributed by atoms with Gasteiger partial charge in [-0.05, 0) is 17.7 Å². The summed E-state index contributed by atoms with van der Waals surface area (Å²) in [5.41, 5.74) is -0.0137. The van der Waals surface area contributed by atoms with Gasteiger partial charge in [0, 0.05) is 29.2 Å². The molecule has 1 aliphatic rings. The second-order valence-electron chi connectivity index (χ2n) is 5.09. The van der Waals surface area contributed by atoms with Crippen molar-refractivity contribution in [2.45, 2.75) is 0 Å². The molecule has 0 aliphatic heterocycles. The molecule has 0 atom stereocenters. The monoisotopic (exact) mass is 339 g/mol. The van der Waals surface area contributed by atoms with E-state index in [1.54, 1.807) is 48.6 Å². The van der Waals surface area contributed by atoms with Crippen LogP contribution in [-0.2, 0) is 0 Å². The molecular formula is C19H9N5O2. The number of non-ortho nitro benzene ring substituents is 1. The lowest BCUT2D eigenvalue weighted by Gasteiger charge is -2.17. The predicted octanol–water partition coefficient (Wildman–Crippen LogP) is 3.48. The van der Waals surface area contributed by atoms with Crippen LogP contribution in [0, 0.1) is 61.4 Å². The van der Waals surface area contributed by atoms with E-state index >= 15 is 0 Å². The van der Waals surface area contributed by atoms with Crippen LogP contribution in [0.2, 0.25) is 0 Å². The summed E-state index contributed by atoms with van der Waals surface area (Å²) in [5, 5.41) is 48.2. The molecule has 0 aromatic heterocycles. The smallest absolute Gasteiger partial charge is 0.258 e. The van der Waals surface area contributed by atoms with E-state index < -0.39 is 10.8 Å². The van der Waals surface area contributed by atoms with Crippen LogP contribution in [0.4, 0.5) is 5.69 Å². The van der Waals surface area contributed by atoms with E-state index in [2.05, 4.69) is 0 Å². The summed E-state index contributed by atoms with van der Waals surface area (Å²) < 4.78 is 0. The van der Waals surface area contributed by atoms with Crippen LogP contribution < -0.4 is 0 Å². The number of nitro groups is 1. The van der Waals surface area contributed by atoms with Crippen molar-refractivity contribution < 1.29 is 4.92 Å². The fourth-order valence-electron chi connectivity index (χ4n) is 2.55. The van der Waals surface area contributed by atoms with Gasteiger partial charge in [0.2, 0.25) is 0 Å². The largest absolute Gasteiger partial charge is 0.269 e. The molecule has 0 saturated carbocycles. The van der Waals surface area contributed by atoms with Crippen LogP contribution in [0.3, 0.4) is 0 Å². The van der Waals surface area contributed by atoms with Gasteiger partial charge in [-0.25, -0.2) is 0 Å². The Hall–Kier alpha value is -4.46. The fraction of sp³-hybridized carbons (Fsp3) is 0.0526. The minimum absolute atomic E-state index is 0.115. The Balaban J connectivity index is 2.83. The number of nitro benzene ring substituents is 1. The summed E-state index contributed by atoms with van der Waals surface area (Å²) in [7, 11) is 0. The minimum atomic E-state index is -0.572. The van der Waals surface area contributed by atoms with Crippen LogP contribution in [0.25, 0.3) is 5.57 Å². The third kappa shape index (κ3) is 3.39.